The van der Waals surface area contributed by atoms with E-state index in [-0.39, 0.29) is 6.61 Å². The molecule has 0 aromatic heterocycles. The van der Waals surface area contributed by atoms with Crippen molar-refractivity contribution in [1.29, 1.82) is 0 Å². The molecule has 3 nitrogen and oxygen atoms in total. The monoisotopic (exact) mass is 262 g/mol. The molecule has 0 heterocycles. The zero-order valence-electron chi connectivity index (χ0n) is 11.8. The number of methoxy groups -OCH3 is 1. The van der Waals surface area contributed by atoms with Crippen molar-refractivity contribution in [2.45, 2.75) is 13.8 Å². The Bertz CT molecular complexity index is 447. The third-order valence-corrected chi connectivity index (χ3v) is 2.82. The molecule has 0 saturated carbocycles. The van der Waals surface area contributed by atoms with E-state index < -0.39 is 0 Å². The highest BCUT2D eigenvalue weighted by atomic mass is 16.5. The molecule has 0 aliphatic heterocycles. The third kappa shape index (κ3) is 4.45. The van der Waals surface area contributed by atoms with Crippen LogP contribution in [0.2, 0.25) is 0 Å². The van der Waals surface area contributed by atoms with Gasteiger partial charge in [-0.15, -0.1) is 0 Å². The van der Waals surface area contributed by atoms with E-state index in [2.05, 4.69) is 20.4 Å². The Morgan fingerprint density at radius 3 is 2.63 bits per heavy atom. The highest BCUT2D eigenvalue weighted by Gasteiger charge is 2.06. The topological polar surface area (TPSA) is 38.7 Å². The van der Waals surface area contributed by atoms with Crippen LogP contribution < -0.4 is 9.47 Å². The van der Waals surface area contributed by atoms with E-state index >= 15 is 0 Å². The lowest BCUT2D eigenvalue weighted by Crippen LogP contribution is -1.99. The van der Waals surface area contributed by atoms with Gasteiger partial charge in [-0.3, -0.25) is 0 Å². The largest absolute Gasteiger partial charge is 0.493 e. The van der Waals surface area contributed by atoms with Gasteiger partial charge in [-0.1, -0.05) is 38.6 Å². The molecule has 0 spiro atoms. The first kappa shape index (κ1) is 15.3. The molecule has 0 saturated heterocycles. The van der Waals surface area contributed by atoms with Crippen LogP contribution in [0.4, 0.5) is 0 Å². The van der Waals surface area contributed by atoms with Crippen molar-refractivity contribution in [2.75, 3.05) is 20.3 Å². The first-order chi connectivity index (χ1) is 9.12. The predicted molar refractivity (Wildman–Crippen MR) is 78.6 cm³/mol. The lowest BCUT2D eigenvalue weighted by molar-refractivity contribution is 0.320. The molecule has 0 unspecified atom stereocenters. The van der Waals surface area contributed by atoms with Gasteiger partial charge < -0.3 is 14.6 Å². The maximum atomic E-state index is 9.32. The normalized spacial score (nSPS) is 11.5. The molecule has 1 N–H and O–H groups in total. The molecule has 0 amide bonds. The van der Waals surface area contributed by atoms with Gasteiger partial charge in [0.15, 0.2) is 11.5 Å². The molecule has 0 aliphatic carbocycles. The van der Waals surface area contributed by atoms with Crippen LogP contribution in [0.25, 0.3) is 6.08 Å². The smallest absolute Gasteiger partial charge is 0.161 e. The van der Waals surface area contributed by atoms with Gasteiger partial charge in [0.05, 0.1) is 13.7 Å². The first-order valence-corrected chi connectivity index (χ1v) is 6.35. The molecule has 3 heteroatoms. The third-order valence-electron chi connectivity index (χ3n) is 2.82. The van der Waals surface area contributed by atoms with Crippen molar-refractivity contribution in [1.82, 2.24) is 0 Å². The summed E-state index contributed by atoms with van der Waals surface area (Å²) in [6.07, 6.45) is 3.67. The highest BCUT2D eigenvalue weighted by molar-refractivity contribution is 5.58. The highest BCUT2D eigenvalue weighted by Crippen LogP contribution is 2.29. The molecule has 0 atom stereocenters. The van der Waals surface area contributed by atoms with Crippen molar-refractivity contribution in [3.63, 3.8) is 0 Å². The Morgan fingerprint density at radius 2 is 2.11 bits per heavy atom. The van der Waals surface area contributed by atoms with Crippen LogP contribution in [0.15, 0.2) is 36.4 Å². The Balaban J connectivity index is 3.02. The molecule has 0 fully saturated rings. The van der Waals surface area contributed by atoms with Gasteiger partial charge in [-0.25, -0.2) is 0 Å². The van der Waals surface area contributed by atoms with Crippen LogP contribution in [0.1, 0.15) is 19.4 Å². The Labute approximate surface area is 115 Å². The summed E-state index contributed by atoms with van der Waals surface area (Å²) in [6.45, 7) is 8.24. The van der Waals surface area contributed by atoms with Gasteiger partial charge in [-0.05, 0) is 29.2 Å². The minimum Gasteiger partial charge on any atom is -0.493 e. The van der Waals surface area contributed by atoms with Gasteiger partial charge in [0.1, 0.15) is 6.61 Å². The van der Waals surface area contributed by atoms with E-state index in [9.17, 15) is 5.11 Å². The Kier molecular flexibility index (Phi) is 6.16. The number of aliphatic hydroxyl groups is 1. The number of benzene rings is 1. The lowest BCUT2D eigenvalue weighted by Gasteiger charge is -2.11. The van der Waals surface area contributed by atoms with E-state index in [0.29, 0.717) is 24.0 Å². The lowest BCUT2D eigenvalue weighted by atomic mass is 10.0. The summed E-state index contributed by atoms with van der Waals surface area (Å²) < 4.78 is 10.8. The van der Waals surface area contributed by atoms with Crippen LogP contribution in [-0.4, -0.2) is 25.4 Å². The molecule has 19 heavy (non-hydrogen) atoms. The summed E-state index contributed by atoms with van der Waals surface area (Å²) in [7, 11) is 1.61. The molecule has 0 bridgehead atoms. The minimum absolute atomic E-state index is 0.0642. The van der Waals surface area contributed by atoms with Crippen LogP contribution >= 0.6 is 0 Å². The standard InChI is InChI=1S/C16H22O3/c1-5-8-19-15-7-6-13(10-16(15)18-4)9-14(11-17)12(2)3/h5-7,9-10,12,17H,1,8,11H2,2-4H3. The zero-order chi connectivity index (χ0) is 14.3. The second kappa shape index (κ2) is 7.64. The quantitative estimate of drug-likeness (QED) is 0.766. The predicted octanol–water partition coefficient (Wildman–Crippen LogP) is 3.29. The number of aliphatic hydroxyl groups excluding tert-OH is 1. The van der Waals surface area contributed by atoms with Crippen molar-refractivity contribution in [3.8, 4) is 11.5 Å². The van der Waals surface area contributed by atoms with Crippen molar-refractivity contribution in [2.24, 2.45) is 5.92 Å². The molecular weight excluding hydrogens is 240 g/mol. The maximum absolute atomic E-state index is 9.32. The average Bonchev–Trinajstić information content (AvgIpc) is 2.42. The Hall–Kier alpha value is -1.74. The van der Waals surface area contributed by atoms with Gasteiger partial charge in [0.25, 0.3) is 0 Å². The van der Waals surface area contributed by atoms with Gasteiger partial charge >= 0.3 is 0 Å². The van der Waals surface area contributed by atoms with Crippen molar-refractivity contribution < 1.29 is 14.6 Å². The minimum atomic E-state index is 0.0642. The molecular formula is C16H22O3. The Morgan fingerprint density at radius 1 is 1.37 bits per heavy atom. The molecule has 1 aromatic rings. The number of hydrogen-bond acceptors (Lipinski definition) is 3. The fourth-order valence-electron chi connectivity index (χ4n) is 1.65. The SMILES string of the molecule is C=CCOc1ccc(C=C(CO)C(C)C)cc1OC. The number of ether oxygens (including phenoxy) is 2. The zero-order valence-corrected chi connectivity index (χ0v) is 11.8. The van der Waals surface area contributed by atoms with E-state index in [0.717, 1.165) is 11.1 Å². The first-order valence-electron chi connectivity index (χ1n) is 6.35. The van der Waals surface area contributed by atoms with E-state index in [1.54, 1.807) is 13.2 Å². The van der Waals surface area contributed by atoms with Crippen LogP contribution in [0.5, 0.6) is 11.5 Å². The van der Waals surface area contributed by atoms with E-state index in [4.69, 9.17) is 9.47 Å². The molecule has 1 rings (SSSR count). The molecule has 104 valence electrons. The van der Waals surface area contributed by atoms with Gasteiger partial charge in [-0.2, -0.15) is 0 Å². The van der Waals surface area contributed by atoms with Crippen LogP contribution in [-0.2, 0) is 0 Å². The summed E-state index contributed by atoms with van der Waals surface area (Å²) in [6, 6.07) is 5.71. The summed E-state index contributed by atoms with van der Waals surface area (Å²) in [4.78, 5) is 0. The van der Waals surface area contributed by atoms with Crippen LogP contribution in [0.3, 0.4) is 0 Å². The van der Waals surface area contributed by atoms with Gasteiger partial charge in [0, 0.05) is 0 Å². The van der Waals surface area contributed by atoms with Gasteiger partial charge in [0.2, 0.25) is 0 Å². The number of hydrogen-bond donors (Lipinski definition) is 1. The van der Waals surface area contributed by atoms with Crippen molar-refractivity contribution >= 4 is 6.08 Å². The average molecular weight is 262 g/mol. The van der Waals surface area contributed by atoms with Crippen molar-refractivity contribution in [3.05, 3.63) is 42.0 Å². The molecule has 0 radical (unpaired) electrons. The van der Waals surface area contributed by atoms with E-state index in [1.807, 2.05) is 24.3 Å². The second-order valence-electron chi connectivity index (χ2n) is 4.54. The van der Waals surface area contributed by atoms with E-state index in [1.165, 1.54) is 0 Å². The maximum Gasteiger partial charge on any atom is 0.161 e. The summed E-state index contributed by atoms with van der Waals surface area (Å²) in [5.41, 5.74) is 1.97. The number of rotatable bonds is 7. The van der Waals surface area contributed by atoms with Crippen LogP contribution in [0, 0.1) is 5.92 Å². The fourth-order valence-corrected chi connectivity index (χ4v) is 1.65. The summed E-state index contributed by atoms with van der Waals surface area (Å²) >= 11 is 0. The summed E-state index contributed by atoms with van der Waals surface area (Å²) in [5.74, 6) is 1.68. The summed E-state index contributed by atoms with van der Waals surface area (Å²) in [5, 5.41) is 9.32. The molecule has 0 aliphatic rings. The second-order valence-corrected chi connectivity index (χ2v) is 4.54. The molecule has 1 aromatic carbocycles. The fraction of sp³-hybridized carbons (Fsp3) is 0.375.